The highest BCUT2D eigenvalue weighted by molar-refractivity contribution is 5.46. The second-order valence-corrected chi connectivity index (χ2v) is 8.05. The van der Waals surface area contributed by atoms with Crippen molar-refractivity contribution >= 4 is 5.69 Å². The number of ether oxygens (including phenoxy) is 2. The van der Waals surface area contributed by atoms with Gasteiger partial charge in [-0.05, 0) is 29.7 Å². The smallest absolute Gasteiger partial charge is 0.126 e. The number of aliphatic hydroxyl groups is 1. The van der Waals surface area contributed by atoms with Gasteiger partial charge in [0.15, 0.2) is 0 Å². The molecule has 5 nitrogen and oxygen atoms in total. The van der Waals surface area contributed by atoms with Gasteiger partial charge >= 0.3 is 0 Å². The Morgan fingerprint density at radius 3 is 2.38 bits per heavy atom. The zero-order valence-electron chi connectivity index (χ0n) is 17.7. The van der Waals surface area contributed by atoms with E-state index >= 15 is 0 Å². The molecule has 1 aliphatic rings. The predicted octanol–water partition coefficient (Wildman–Crippen LogP) is 1.97. The van der Waals surface area contributed by atoms with E-state index in [0.29, 0.717) is 25.7 Å². The summed E-state index contributed by atoms with van der Waals surface area (Å²) < 4.78 is 11.5. The Hall–Kier alpha value is -2.08. The maximum absolute atomic E-state index is 10.3. The second kappa shape index (κ2) is 11.2. The zero-order chi connectivity index (χ0) is 20.5. The molecule has 0 aromatic heterocycles. The molecule has 0 amide bonds. The molecule has 29 heavy (non-hydrogen) atoms. The first-order chi connectivity index (χ1) is 14.1. The van der Waals surface area contributed by atoms with Crippen molar-refractivity contribution < 1.29 is 19.5 Å². The topological polar surface area (TPSA) is 46.4 Å². The van der Waals surface area contributed by atoms with Crippen molar-refractivity contribution in [2.45, 2.75) is 25.9 Å². The predicted molar refractivity (Wildman–Crippen MR) is 117 cm³/mol. The average Bonchev–Trinajstić information content (AvgIpc) is 2.75. The number of benzene rings is 2. The van der Waals surface area contributed by atoms with Gasteiger partial charge < -0.3 is 24.4 Å². The van der Waals surface area contributed by atoms with E-state index < -0.39 is 6.10 Å². The molecular weight excluding hydrogens is 364 g/mol. The van der Waals surface area contributed by atoms with E-state index in [2.05, 4.69) is 55.1 Å². The van der Waals surface area contributed by atoms with E-state index in [0.717, 1.165) is 38.5 Å². The quantitative estimate of drug-likeness (QED) is 0.600. The average molecular weight is 400 g/mol. The number of piperazine rings is 1. The van der Waals surface area contributed by atoms with E-state index in [1.165, 1.54) is 16.2 Å². The molecule has 0 aliphatic carbocycles. The minimum atomic E-state index is -0.434. The van der Waals surface area contributed by atoms with Crippen LogP contribution in [0.3, 0.4) is 0 Å². The van der Waals surface area contributed by atoms with Gasteiger partial charge in [-0.3, -0.25) is 0 Å². The van der Waals surface area contributed by atoms with E-state index in [1.54, 1.807) is 0 Å². The Morgan fingerprint density at radius 1 is 0.966 bits per heavy atom. The number of hydrogen-bond acceptors (Lipinski definition) is 4. The Bertz CT molecular complexity index is 715. The van der Waals surface area contributed by atoms with Gasteiger partial charge in [-0.2, -0.15) is 0 Å². The maximum Gasteiger partial charge on any atom is 0.126 e. The summed E-state index contributed by atoms with van der Waals surface area (Å²) in [5.41, 5.74) is 2.50. The Kier molecular flexibility index (Phi) is 8.35. The molecule has 1 atom stereocenters. The highest BCUT2D eigenvalue weighted by Crippen LogP contribution is 2.25. The van der Waals surface area contributed by atoms with E-state index in [1.807, 2.05) is 18.2 Å². The third-order valence-electron chi connectivity index (χ3n) is 5.45. The highest BCUT2D eigenvalue weighted by atomic mass is 16.5. The number of nitrogens with one attached hydrogen (secondary N) is 1. The first kappa shape index (κ1) is 21.6. The molecule has 2 aromatic carbocycles. The van der Waals surface area contributed by atoms with Crippen LogP contribution < -0.4 is 14.5 Å². The van der Waals surface area contributed by atoms with Crippen LogP contribution in [0.5, 0.6) is 5.75 Å². The Morgan fingerprint density at radius 2 is 1.66 bits per heavy atom. The first-order valence-electron chi connectivity index (χ1n) is 10.7. The third-order valence-corrected chi connectivity index (χ3v) is 5.45. The van der Waals surface area contributed by atoms with Crippen LogP contribution in [0.25, 0.3) is 0 Å². The molecule has 1 saturated heterocycles. The fourth-order valence-corrected chi connectivity index (χ4v) is 3.84. The van der Waals surface area contributed by atoms with Crippen LogP contribution >= 0.6 is 0 Å². The summed E-state index contributed by atoms with van der Waals surface area (Å²) in [5.74, 6) is 1.35. The van der Waals surface area contributed by atoms with Gasteiger partial charge in [-0.25, -0.2) is 0 Å². The molecule has 2 N–H and O–H groups in total. The first-order valence-corrected chi connectivity index (χ1v) is 10.7. The molecule has 2 aromatic rings. The lowest BCUT2D eigenvalue weighted by molar-refractivity contribution is -0.903. The van der Waals surface area contributed by atoms with Crippen molar-refractivity contribution in [2.75, 3.05) is 57.4 Å². The summed E-state index contributed by atoms with van der Waals surface area (Å²) in [4.78, 5) is 3.86. The lowest BCUT2D eigenvalue weighted by Gasteiger charge is -2.34. The molecule has 1 fully saturated rings. The van der Waals surface area contributed by atoms with Crippen LogP contribution in [0.1, 0.15) is 25.3 Å². The summed E-state index contributed by atoms with van der Waals surface area (Å²) in [6.45, 7) is 10.5. The summed E-state index contributed by atoms with van der Waals surface area (Å²) in [6.07, 6.45) is -0.434. The van der Waals surface area contributed by atoms with Crippen molar-refractivity contribution in [3.05, 3.63) is 60.2 Å². The van der Waals surface area contributed by atoms with Gasteiger partial charge in [-0.1, -0.05) is 50.2 Å². The molecule has 0 bridgehead atoms. The van der Waals surface area contributed by atoms with Gasteiger partial charge in [0, 0.05) is 5.69 Å². The van der Waals surface area contributed by atoms with Crippen LogP contribution in [-0.4, -0.2) is 63.8 Å². The summed E-state index contributed by atoms with van der Waals surface area (Å²) >= 11 is 0. The molecule has 3 rings (SSSR count). The number of nitrogens with zero attached hydrogens (tertiary/aromatic N) is 1. The third kappa shape index (κ3) is 6.74. The maximum atomic E-state index is 10.3. The number of anilines is 1. The van der Waals surface area contributed by atoms with Gasteiger partial charge in [0.05, 0.1) is 39.4 Å². The highest BCUT2D eigenvalue weighted by Gasteiger charge is 2.22. The van der Waals surface area contributed by atoms with Crippen LogP contribution in [0.2, 0.25) is 0 Å². The molecule has 0 unspecified atom stereocenters. The number of rotatable bonds is 10. The SMILES string of the molecule is CC(C)c1ccccc1OCCOC[C@@H](O)C[NH+]1CCN(c2ccccc2)CC1. The van der Waals surface area contributed by atoms with Gasteiger partial charge in [-0.15, -0.1) is 0 Å². The lowest BCUT2D eigenvalue weighted by atomic mass is 10.0. The van der Waals surface area contributed by atoms with Crippen LogP contribution in [-0.2, 0) is 4.74 Å². The zero-order valence-corrected chi connectivity index (χ0v) is 17.7. The number of aliphatic hydroxyl groups excluding tert-OH is 1. The van der Waals surface area contributed by atoms with Crippen LogP contribution in [0.4, 0.5) is 5.69 Å². The summed E-state index contributed by atoms with van der Waals surface area (Å²) in [5, 5.41) is 10.3. The largest absolute Gasteiger partial charge is 0.491 e. The van der Waals surface area contributed by atoms with Gasteiger partial charge in [0.2, 0.25) is 0 Å². The summed E-state index contributed by atoms with van der Waals surface area (Å²) in [7, 11) is 0. The van der Waals surface area contributed by atoms with Gasteiger partial charge in [0.25, 0.3) is 0 Å². The van der Waals surface area contributed by atoms with E-state index in [9.17, 15) is 5.11 Å². The molecular formula is C24H35N2O3+. The molecule has 1 heterocycles. The standard InChI is InChI=1S/C24H34N2O3/c1-20(2)23-10-6-7-11-24(23)29-17-16-28-19-22(27)18-25-12-14-26(15-13-25)21-8-4-3-5-9-21/h3-11,20,22,27H,12-19H2,1-2H3/p+1/t22-/m0/s1. The summed E-state index contributed by atoms with van der Waals surface area (Å²) in [6, 6.07) is 18.7. The van der Waals surface area contributed by atoms with Crippen molar-refractivity contribution in [1.29, 1.82) is 0 Å². The van der Waals surface area contributed by atoms with Crippen molar-refractivity contribution in [1.82, 2.24) is 0 Å². The molecule has 1 aliphatic heterocycles. The molecule has 0 saturated carbocycles. The Labute approximate surface area is 174 Å². The van der Waals surface area contributed by atoms with Crippen molar-refractivity contribution in [3.8, 4) is 5.75 Å². The molecule has 0 spiro atoms. The Balaban J connectivity index is 1.29. The monoisotopic (exact) mass is 399 g/mol. The normalized spacial score (nSPS) is 16.2. The fraction of sp³-hybridized carbons (Fsp3) is 0.500. The van der Waals surface area contributed by atoms with Crippen molar-refractivity contribution in [2.24, 2.45) is 0 Å². The molecule has 158 valence electrons. The van der Waals surface area contributed by atoms with E-state index in [4.69, 9.17) is 9.47 Å². The molecule has 5 heteroatoms. The van der Waals surface area contributed by atoms with Crippen LogP contribution in [0.15, 0.2) is 54.6 Å². The van der Waals surface area contributed by atoms with Crippen molar-refractivity contribution in [3.63, 3.8) is 0 Å². The second-order valence-electron chi connectivity index (χ2n) is 8.05. The number of para-hydroxylation sites is 2. The minimum Gasteiger partial charge on any atom is -0.491 e. The van der Waals surface area contributed by atoms with E-state index in [-0.39, 0.29) is 0 Å². The van der Waals surface area contributed by atoms with Gasteiger partial charge in [0.1, 0.15) is 25.0 Å². The number of hydrogen-bond donors (Lipinski definition) is 2. The van der Waals surface area contributed by atoms with Crippen LogP contribution in [0, 0.1) is 0 Å². The number of quaternary nitrogens is 1. The molecule has 0 radical (unpaired) electrons. The fourth-order valence-electron chi connectivity index (χ4n) is 3.84. The minimum absolute atomic E-state index is 0.362. The lowest BCUT2D eigenvalue weighted by Crippen LogP contribution is -3.16.